The Morgan fingerprint density at radius 1 is 1.09 bits per heavy atom. The second-order valence-electron chi connectivity index (χ2n) is 2.59. The Morgan fingerprint density at radius 2 is 1.82 bits per heavy atom. The molecule has 0 aromatic heterocycles. The summed E-state index contributed by atoms with van der Waals surface area (Å²) in [5, 5.41) is 8.48. The van der Waals surface area contributed by atoms with Gasteiger partial charge in [-0.2, -0.15) is 0 Å². The van der Waals surface area contributed by atoms with Crippen molar-refractivity contribution in [3.05, 3.63) is 24.8 Å². The summed E-state index contributed by atoms with van der Waals surface area (Å²) < 4.78 is 0. The monoisotopic (exact) mass is 154 g/mol. The smallest absolute Gasteiger partial charge is 0.0431 e. The Hall–Kier alpha value is -0.560. The van der Waals surface area contributed by atoms with Gasteiger partial charge in [0.2, 0.25) is 0 Å². The second-order valence-corrected chi connectivity index (χ2v) is 2.59. The molecule has 0 aromatic rings. The van der Waals surface area contributed by atoms with Crippen molar-refractivity contribution < 1.29 is 5.11 Å². The van der Waals surface area contributed by atoms with Crippen molar-refractivity contribution in [3.63, 3.8) is 0 Å². The van der Waals surface area contributed by atoms with Crippen LogP contribution in [0.25, 0.3) is 0 Å². The van der Waals surface area contributed by atoms with Gasteiger partial charge in [0.1, 0.15) is 0 Å². The first-order valence-electron chi connectivity index (χ1n) is 4.30. The molecule has 0 atom stereocenters. The summed E-state index contributed by atoms with van der Waals surface area (Å²) in [6.07, 6.45) is 11.6. The van der Waals surface area contributed by atoms with Crippen molar-refractivity contribution in [2.75, 3.05) is 6.61 Å². The Morgan fingerprint density at radius 3 is 2.45 bits per heavy atom. The third-order valence-corrected chi connectivity index (χ3v) is 1.55. The highest BCUT2D eigenvalue weighted by molar-refractivity contribution is 4.96. The highest BCUT2D eigenvalue weighted by atomic mass is 16.2. The van der Waals surface area contributed by atoms with Crippen molar-refractivity contribution in [1.29, 1.82) is 0 Å². The molecule has 0 unspecified atom stereocenters. The molecule has 11 heavy (non-hydrogen) atoms. The van der Waals surface area contributed by atoms with Crippen molar-refractivity contribution in [3.8, 4) is 0 Å². The largest absolute Gasteiger partial charge is 0.396 e. The van der Waals surface area contributed by atoms with Crippen LogP contribution in [0.5, 0.6) is 0 Å². The van der Waals surface area contributed by atoms with Crippen LogP contribution < -0.4 is 0 Å². The molecule has 0 aliphatic carbocycles. The molecule has 0 saturated carbocycles. The zero-order valence-electron chi connectivity index (χ0n) is 7.13. The highest BCUT2D eigenvalue weighted by Gasteiger charge is 1.85. The van der Waals surface area contributed by atoms with Crippen LogP contribution in [0.2, 0.25) is 0 Å². The van der Waals surface area contributed by atoms with E-state index in [1.807, 2.05) is 6.08 Å². The predicted octanol–water partition coefficient (Wildman–Crippen LogP) is 2.67. The highest BCUT2D eigenvalue weighted by Crippen LogP contribution is 2.02. The van der Waals surface area contributed by atoms with E-state index in [0.29, 0.717) is 6.61 Å². The lowest BCUT2D eigenvalue weighted by atomic mass is 10.1. The summed E-state index contributed by atoms with van der Waals surface area (Å²) >= 11 is 0. The molecular formula is C10H18O. The van der Waals surface area contributed by atoms with Crippen molar-refractivity contribution in [2.45, 2.75) is 32.1 Å². The van der Waals surface area contributed by atoms with E-state index in [-0.39, 0.29) is 0 Å². The lowest BCUT2D eigenvalue weighted by Gasteiger charge is -1.94. The van der Waals surface area contributed by atoms with Gasteiger partial charge in [0.25, 0.3) is 0 Å². The second kappa shape index (κ2) is 9.44. The first kappa shape index (κ1) is 10.4. The van der Waals surface area contributed by atoms with Crippen molar-refractivity contribution in [2.24, 2.45) is 0 Å². The minimum absolute atomic E-state index is 0.336. The quantitative estimate of drug-likeness (QED) is 0.441. The maximum absolute atomic E-state index is 8.48. The zero-order chi connectivity index (χ0) is 8.36. The molecular weight excluding hydrogens is 136 g/mol. The predicted molar refractivity (Wildman–Crippen MR) is 49.5 cm³/mol. The molecule has 0 rings (SSSR count). The number of hydrogen-bond acceptors (Lipinski definition) is 1. The zero-order valence-corrected chi connectivity index (χ0v) is 7.13. The summed E-state index contributed by atoms with van der Waals surface area (Å²) in [5.74, 6) is 0. The summed E-state index contributed by atoms with van der Waals surface area (Å²) in [7, 11) is 0. The summed E-state index contributed by atoms with van der Waals surface area (Å²) in [4.78, 5) is 0. The van der Waals surface area contributed by atoms with Crippen LogP contribution in [0.15, 0.2) is 24.8 Å². The standard InChI is InChI=1S/C10H18O/c1-2-3-4-5-6-7-8-9-10-11/h2-4,11H,1,5-10H2/b4-3-. The lowest BCUT2D eigenvalue weighted by Crippen LogP contribution is -1.82. The van der Waals surface area contributed by atoms with Gasteiger partial charge in [0.05, 0.1) is 0 Å². The molecule has 0 fully saturated rings. The van der Waals surface area contributed by atoms with Gasteiger partial charge >= 0.3 is 0 Å². The number of aliphatic hydroxyl groups excluding tert-OH is 1. The van der Waals surface area contributed by atoms with Crippen LogP contribution in [-0.2, 0) is 0 Å². The van der Waals surface area contributed by atoms with Crippen LogP contribution >= 0.6 is 0 Å². The van der Waals surface area contributed by atoms with Crippen molar-refractivity contribution in [1.82, 2.24) is 0 Å². The average molecular weight is 154 g/mol. The molecule has 0 saturated heterocycles. The van der Waals surface area contributed by atoms with Crippen LogP contribution in [0.3, 0.4) is 0 Å². The Balaban J connectivity index is 2.90. The fourth-order valence-corrected chi connectivity index (χ4v) is 0.920. The van der Waals surface area contributed by atoms with E-state index in [1.165, 1.54) is 12.8 Å². The molecule has 0 heterocycles. The van der Waals surface area contributed by atoms with Gasteiger partial charge in [0, 0.05) is 6.61 Å². The van der Waals surface area contributed by atoms with Gasteiger partial charge in [-0.15, -0.1) is 0 Å². The number of aliphatic hydroxyl groups is 1. The van der Waals surface area contributed by atoms with E-state index in [9.17, 15) is 0 Å². The summed E-state index contributed by atoms with van der Waals surface area (Å²) in [6.45, 7) is 3.92. The number of hydrogen-bond donors (Lipinski definition) is 1. The fraction of sp³-hybridized carbons (Fsp3) is 0.600. The third-order valence-electron chi connectivity index (χ3n) is 1.55. The first-order chi connectivity index (χ1) is 5.41. The van der Waals surface area contributed by atoms with Gasteiger partial charge < -0.3 is 5.11 Å². The molecule has 0 aromatic carbocycles. The van der Waals surface area contributed by atoms with Gasteiger partial charge in [-0.25, -0.2) is 0 Å². The van der Waals surface area contributed by atoms with Gasteiger partial charge in [-0.1, -0.05) is 37.6 Å². The molecule has 1 heteroatoms. The fourth-order valence-electron chi connectivity index (χ4n) is 0.920. The average Bonchev–Trinajstić information content (AvgIpc) is 2.03. The van der Waals surface area contributed by atoms with E-state index >= 15 is 0 Å². The Bertz CT molecular complexity index is 105. The first-order valence-corrected chi connectivity index (χ1v) is 4.30. The topological polar surface area (TPSA) is 20.2 Å². The lowest BCUT2D eigenvalue weighted by molar-refractivity contribution is 0.282. The number of allylic oxidation sites excluding steroid dienone is 3. The SMILES string of the molecule is C=C/C=C\CCCCCCO. The van der Waals surface area contributed by atoms with E-state index in [2.05, 4.69) is 12.7 Å². The Kier molecular flexibility index (Phi) is 8.96. The summed E-state index contributed by atoms with van der Waals surface area (Å²) in [6, 6.07) is 0. The minimum Gasteiger partial charge on any atom is -0.396 e. The molecule has 0 amide bonds. The van der Waals surface area contributed by atoms with Gasteiger partial charge in [-0.05, 0) is 19.3 Å². The molecule has 0 bridgehead atoms. The van der Waals surface area contributed by atoms with Gasteiger partial charge in [-0.3, -0.25) is 0 Å². The van der Waals surface area contributed by atoms with Crippen molar-refractivity contribution >= 4 is 0 Å². The number of unbranched alkanes of at least 4 members (excludes halogenated alkanes) is 4. The molecule has 1 N–H and O–H groups in total. The third kappa shape index (κ3) is 9.44. The molecule has 0 spiro atoms. The van der Waals surface area contributed by atoms with Crippen LogP contribution in [0, 0.1) is 0 Å². The number of rotatable bonds is 7. The molecule has 0 radical (unpaired) electrons. The van der Waals surface area contributed by atoms with Gasteiger partial charge in [0.15, 0.2) is 0 Å². The minimum atomic E-state index is 0.336. The van der Waals surface area contributed by atoms with E-state index in [4.69, 9.17) is 5.11 Å². The van der Waals surface area contributed by atoms with Crippen LogP contribution in [0.1, 0.15) is 32.1 Å². The van der Waals surface area contributed by atoms with Crippen LogP contribution in [0.4, 0.5) is 0 Å². The van der Waals surface area contributed by atoms with E-state index < -0.39 is 0 Å². The maximum Gasteiger partial charge on any atom is 0.0431 e. The van der Waals surface area contributed by atoms with Crippen LogP contribution in [-0.4, -0.2) is 11.7 Å². The Labute approximate surface area is 69.4 Å². The normalized spacial score (nSPS) is 10.6. The summed E-state index contributed by atoms with van der Waals surface area (Å²) in [5.41, 5.74) is 0. The van der Waals surface area contributed by atoms with E-state index in [0.717, 1.165) is 19.3 Å². The molecule has 64 valence electrons. The molecule has 0 aliphatic rings. The van der Waals surface area contributed by atoms with E-state index in [1.54, 1.807) is 6.08 Å². The maximum atomic E-state index is 8.48. The molecule has 0 aliphatic heterocycles. The molecule has 1 nitrogen and oxygen atoms in total.